The topological polar surface area (TPSA) is 52.6 Å². The number of benzene rings is 2. The highest BCUT2D eigenvalue weighted by Crippen LogP contribution is 2.33. The molecule has 116 valence electrons. The smallest absolute Gasteiger partial charge is 0.0538 e. The SMILES string of the molecule is Cl.N=C1CCC(=N)c2c(n(-c3ccccc3)c3ccccc23)C1. The highest BCUT2D eigenvalue weighted by molar-refractivity contribution is 6.14. The first-order chi connectivity index (χ1) is 10.8. The molecule has 3 nitrogen and oxygen atoms in total. The van der Waals surface area contributed by atoms with E-state index in [1.165, 1.54) is 0 Å². The van der Waals surface area contributed by atoms with E-state index in [4.69, 9.17) is 10.8 Å². The van der Waals surface area contributed by atoms with Gasteiger partial charge in [0, 0.05) is 40.2 Å². The first-order valence-electron chi connectivity index (χ1n) is 7.57. The lowest BCUT2D eigenvalue weighted by molar-refractivity contribution is 1.00. The first-order valence-corrected chi connectivity index (χ1v) is 7.57. The fourth-order valence-electron chi connectivity index (χ4n) is 3.36. The van der Waals surface area contributed by atoms with Gasteiger partial charge in [-0.25, -0.2) is 0 Å². The van der Waals surface area contributed by atoms with Crippen molar-refractivity contribution in [1.29, 1.82) is 10.8 Å². The van der Waals surface area contributed by atoms with Crippen molar-refractivity contribution in [3.8, 4) is 5.69 Å². The van der Waals surface area contributed by atoms with E-state index in [-0.39, 0.29) is 12.4 Å². The van der Waals surface area contributed by atoms with Crippen molar-refractivity contribution in [3.63, 3.8) is 0 Å². The van der Waals surface area contributed by atoms with Crippen LogP contribution in [-0.2, 0) is 6.42 Å². The summed E-state index contributed by atoms with van der Waals surface area (Å²) in [5, 5.41) is 17.7. The Bertz CT molecular complexity index is 894. The fraction of sp³-hybridized carbons (Fsp3) is 0.158. The van der Waals surface area contributed by atoms with E-state index in [0.29, 0.717) is 30.7 Å². The average molecular weight is 324 g/mol. The van der Waals surface area contributed by atoms with Gasteiger partial charge in [0.1, 0.15) is 0 Å². The van der Waals surface area contributed by atoms with Gasteiger partial charge in [0.25, 0.3) is 0 Å². The molecule has 1 aliphatic carbocycles. The van der Waals surface area contributed by atoms with Crippen molar-refractivity contribution in [1.82, 2.24) is 4.57 Å². The van der Waals surface area contributed by atoms with Crippen LogP contribution in [0.2, 0.25) is 0 Å². The number of halogens is 1. The maximum absolute atomic E-state index is 8.45. The summed E-state index contributed by atoms with van der Waals surface area (Å²) in [6.45, 7) is 0. The minimum atomic E-state index is 0. The molecule has 0 spiro atoms. The lowest BCUT2D eigenvalue weighted by atomic mass is 10.0. The third kappa shape index (κ3) is 2.47. The average Bonchev–Trinajstić information content (AvgIpc) is 2.79. The van der Waals surface area contributed by atoms with E-state index in [1.54, 1.807) is 0 Å². The van der Waals surface area contributed by atoms with Crippen LogP contribution in [0.5, 0.6) is 0 Å². The van der Waals surface area contributed by atoms with Gasteiger partial charge in [-0.3, -0.25) is 0 Å². The Morgan fingerprint density at radius 2 is 1.52 bits per heavy atom. The van der Waals surface area contributed by atoms with Crippen LogP contribution < -0.4 is 0 Å². The second kappa shape index (κ2) is 6.01. The molecule has 0 amide bonds. The van der Waals surface area contributed by atoms with Crippen LogP contribution in [0.4, 0.5) is 0 Å². The molecule has 1 aliphatic rings. The van der Waals surface area contributed by atoms with Crippen LogP contribution in [0.1, 0.15) is 24.1 Å². The Kier molecular flexibility index (Phi) is 4.05. The van der Waals surface area contributed by atoms with Gasteiger partial charge in [-0.15, -0.1) is 12.4 Å². The van der Waals surface area contributed by atoms with Crippen molar-refractivity contribution < 1.29 is 0 Å². The van der Waals surface area contributed by atoms with E-state index in [1.807, 2.05) is 30.3 Å². The number of nitrogens with one attached hydrogen (secondary N) is 2. The van der Waals surface area contributed by atoms with Gasteiger partial charge in [-0.1, -0.05) is 36.4 Å². The molecule has 1 aromatic heterocycles. The number of rotatable bonds is 1. The Morgan fingerprint density at radius 3 is 2.30 bits per heavy atom. The van der Waals surface area contributed by atoms with Crippen LogP contribution in [0.3, 0.4) is 0 Å². The Balaban J connectivity index is 0.00000156. The van der Waals surface area contributed by atoms with Crippen LogP contribution >= 0.6 is 12.4 Å². The molecule has 0 saturated carbocycles. The molecule has 0 radical (unpaired) electrons. The van der Waals surface area contributed by atoms with Crippen molar-refractivity contribution in [3.05, 3.63) is 65.9 Å². The van der Waals surface area contributed by atoms with E-state index >= 15 is 0 Å². The number of hydrogen-bond acceptors (Lipinski definition) is 2. The largest absolute Gasteiger partial charge is 0.313 e. The van der Waals surface area contributed by atoms with Gasteiger partial charge in [-0.2, -0.15) is 0 Å². The van der Waals surface area contributed by atoms with Crippen LogP contribution in [0.15, 0.2) is 54.6 Å². The molecule has 2 N–H and O–H groups in total. The maximum atomic E-state index is 8.45. The van der Waals surface area contributed by atoms with Gasteiger partial charge in [0.15, 0.2) is 0 Å². The molecule has 0 aliphatic heterocycles. The zero-order chi connectivity index (χ0) is 15.1. The fourth-order valence-corrected chi connectivity index (χ4v) is 3.36. The van der Waals surface area contributed by atoms with Gasteiger partial charge < -0.3 is 15.4 Å². The predicted octanol–water partition coefficient (Wildman–Crippen LogP) is 4.78. The summed E-state index contributed by atoms with van der Waals surface area (Å²) in [5.74, 6) is 0. The molecule has 0 atom stereocenters. The Hall–Kier alpha value is -2.39. The van der Waals surface area contributed by atoms with Crippen LogP contribution in [0, 0.1) is 10.8 Å². The summed E-state index contributed by atoms with van der Waals surface area (Å²) >= 11 is 0. The summed E-state index contributed by atoms with van der Waals surface area (Å²) in [4.78, 5) is 0. The predicted molar refractivity (Wildman–Crippen MR) is 98.0 cm³/mol. The van der Waals surface area contributed by atoms with Gasteiger partial charge in [0.2, 0.25) is 0 Å². The molecule has 4 heteroatoms. The normalized spacial score (nSPS) is 14.3. The molecule has 0 unspecified atom stereocenters. The van der Waals surface area contributed by atoms with Crippen molar-refractivity contribution in [2.75, 3.05) is 0 Å². The molecule has 1 heterocycles. The van der Waals surface area contributed by atoms with E-state index in [2.05, 4.69) is 28.8 Å². The highest BCUT2D eigenvalue weighted by Gasteiger charge is 2.24. The van der Waals surface area contributed by atoms with Gasteiger partial charge in [0.05, 0.1) is 5.52 Å². The zero-order valence-electron chi connectivity index (χ0n) is 12.7. The summed E-state index contributed by atoms with van der Waals surface area (Å²) in [5.41, 5.74) is 5.70. The third-order valence-electron chi connectivity index (χ3n) is 4.35. The minimum absolute atomic E-state index is 0. The van der Waals surface area contributed by atoms with E-state index in [9.17, 15) is 0 Å². The molecule has 0 saturated heterocycles. The van der Waals surface area contributed by atoms with E-state index in [0.717, 1.165) is 27.8 Å². The molecular formula is C19H18ClN3. The van der Waals surface area contributed by atoms with Crippen molar-refractivity contribution in [2.24, 2.45) is 0 Å². The molecule has 4 rings (SSSR count). The molecule has 0 fully saturated rings. The number of aromatic nitrogens is 1. The maximum Gasteiger partial charge on any atom is 0.0538 e. The standard InChI is InChI=1S/C19H17N3.ClH/c20-13-10-11-16(21)19-15-8-4-5-9-17(15)22(18(19)12-13)14-6-2-1-3-7-14;/h1-9,20-21H,10-12H2;1H. The number of hydrogen-bond donors (Lipinski definition) is 2. The molecule has 3 aromatic rings. The Labute approximate surface area is 141 Å². The van der Waals surface area contributed by atoms with Crippen LogP contribution in [-0.4, -0.2) is 16.0 Å². The molecular weight excluding hydrogens is 306 g/mol. The Morgan fingerprint density at radius 1 is 0.826 bits per heavy atom. The molecule has 23 heavy (non-hydrogen) atoms. The summed E-state index contributed by atoms with van der Waals surface area (Å²) < 4.78 is 2.22. The van der Waals surface area contributed by atoms with E-state index < -0.39 is 0 Å². The lowest BCUT2D eigenvalue weighted by Crippen LogP contribution is -2.06. The highest BCUT2D eigenvalue weighted by atomic mass is 35.5. The van der Waals surface area contributed by atoms with Gasteiger partial charge >= 0.3 is 0 Å². The lowest BCUT2D eigenvalue weighted by Gasteiger charge is -2.11. The summed E-state index contributed by atoms with van der Waals surface area (Å²) in [6.07, 6.45) is 1.98. The summed E-state index contributed by atoms with van der Waals surface area (Å²) in [6, 6.07) is 18.5. The van der Waals surface area contributed by atoms with Crippen molar-refractivity contribution in [2.45, 2.75) is 19.3 Å². The van der Waals surface area contributed by atoms with Crippen molar-refractivity contribution >= 4 is 34.7 Å². The van der Waals surface area contributed by atoms with Crippen LogP contribution in [0.25, 0.3) is 16.6 Å². The monoisotopic (exact) mass is 323 g/mol. The molecule has 0 bridgehead atoms. The first kappa shape index (κ1) is 15.5. The second-order valence-corrected chi connectivity index (χ2v) is 5.77. The quantitative estimate of drug-likeness (QED) is 0.606. The minimum Gasteiger partial charge on any atom is -0.313 e. The second-order valence-electron chi connectivity index (χ2n) is 5.77. The molecule has 2 aromatic carbocycles. The van der Waals surface area contributed by atoms with Gasteiger partial charge in [-0.05, 0) is 31.0 Å². The number of para-hydroxylation sites is 2. The number of fused-ring (bicyclic) bond motifs is 3. The zero-order valence-corrected chi connectivity index (χ0v) is 13.5. The summed E-state index contributed by atoms with van der Waals surface area (Å²) in [7, 11) is 0. The number of nitrogens with zero attached hydrogens (tertiary/aromatic N) is 1. The third-order valence-corrected chi connectivity index (χ3v) is 4.35.